The molecule has 8 rings (SSSR count). The Balaban J connectivity index is 1.11. The fourth-order valence-electron chi connectivity index (χ4n) is 6.97. The third-order valence-corrected chi connectivity index (χ3v) is 12.5. The zero-order chi connectivity index (χ0) is 40.2. The molecule has 1 fully saturated rings. The first-order valence-corrected chi connectivity index (χ1v) is 20.7. The van der Waals surface area contributed by atoms with Crippen LogP contribution in [0.15, 0.2) is 168 Å². The van der Waals surface area contributed by atoms with Crippen LogP contribution >= 0.6 is 46.3 Å². The van der Waals surface area contributed by atoms with Gasteiger partial charge in [-0.05, 0) is 11.1 Å². The molecule has 0 bridgehead atoms. The topological polar surface area (TPSA) is 136 Å². The number of nitrogens with one attached hydrogen (secondary N) is 1. The molecule has 2 amide bonds. The number of ether oxygens (including phenoxy) is 1. The highest BCUT2D eigenvalue weighted by molar-refractivity contribution is 8.00. The van der Waals surface area contributed by atoms with Crippen molar-refractivity contribution in [2.45, 2.75) is 23.1 Å². The predicted octanol–water partition coefficient (Wildman–Crippen LogP) is 8.27. The maximum atomic E-state index is 14.4. The summed E-state index contributed by atoms with van der Waals surface area (Å²) in [6.07, 6.45) is -0.768. The van der Waals surface area contributed by atoms with Crippen molar-refractivity contribution < 1.29 is 24.0 Å². The van der Waals surface area contributed by atoms with Crippen molar-refractivity contribution in [3.8, 4) is 0 Å². The number of carbonyl (C=O) groups is 3. The molecule has 58 heavy (non-hydrogen) atoms. The molecule has 14 heteroatoms. The number of aromatic nitrogens is 1. The van der Waals surface area contributed by atoms with Crippen LogP contribution in [-0.4, -0.2) is 50.5 Å². The number of thioether (sulfide) groups is 1. The van der Waals surface area contributed by atoms with Crippen LogP contribution in [0.5, 0.6) is 0 Å². The van der Waals surface area contributed by atoms with Gasteiger partial charge in [0, 0.05) is 22.4 Å². The number of anilines is 1. The second-order valence-electron chi connectivity index (χ2n) is 13.2. The number of esters is 1. The van der Waals surface area contributed by atoms with Crippen LogP contribution < -0.4 is 11.1 Å². The van der Waals surface area contributed by atoms with Gasteiger partial charge in [-0.15, -0.1) is 11.8 Å². The molecule has 10 nitrogen and oxygen atoms in total. The van der Waals surface area contributed by atoms with Gasteiger partial charge < -0.3 is 20.6 Å². The number of β-lactam (4-membered cyclic amide) rings is 1. The Hall–Kier alpha value is -5.92. The molecule has 3 heterocycles. The fourth-order valence-corrected chi connectivity index (χ4v) is 9.45. The second-order valence-corrected chi connectivity index (χ2v) is 16.4. The summed E-state index contributed by atoms with van der Waals surface area (Å²) >= 11 is 15.5. The number of nitrogens with two attached hydrogens (primary N) is 1. The minimum absolute atomic E-state index is 0.0234. The number of nitrogens with zero attached hydrogens (tertiary/aromatic N) is 3. The van der Waals surface area contributed by atoms with Gasteiger partial charge in [0.25, 0.3) is 11.8 Å². The van der Waals surface area contributed by atoms with Gasteiger partial charge in [-0.1, -0.05) is 191 Å². The van der Waals surface area contributed by atoms with E-state index in [0.29, 0.717) is 0 Å². The van der Waals surface area contributed by atoms with Crippen molar-refractivity contribution in [3.63, 3.8) is 0 Å². The van der Waals surface area contributed by atoms with E-state index in [1.165, 1.54) is 16.7 Å². The number of fused-ring (bicyclic) bond motifs is 1. The average molecular weight is 847 g/mol. The highest BCUT2D eigenvalue weighted by Gasteiger charge is 2.55. The van der Waals surface area contributed by atoms with E-state index in [4.69, 9.17) is 38.5 Å². The van der Waals surface area contributed by atoms with Crippen LogP contribution in [0.4, 0.5) is 5.13 Å². The van der Waals surface area contributed by atoms with E-state index in [2.05, 4.69) is 15.5 Å². The maximum Gasteiger partial charge on any atom is 0.357 e. The van der Waals surface area contributed by atoms with Crippen molar-refractivity contribution in [2.75, 3.05) is 11.5 Å². The summed E-state index contributed by atoms with van der Waals surface area (Å²) < 4.78 is 6.19. The molecule has 0 unspecified atom stereocenters. The van der Waals surface area contributed by atoms with Crippen LogP contribution in [0, 0.1) is 0 Å². The highest BCUT2D eigenvalue weighted by Crippen LogP contribution is 2.44. The van der Waals surface area contributed by atoms with Gasteiger partial charge in [-0.2, -0.15) is 0 Å². The lowest BCUT2D eigenvalue weighted by Gasteiger charge is -2.49. The van der Waals surface area contributed by atoms with Crippen LogP contribution in [0.25, 0.3) is 0 Å². The number of oxime groups is 1. The lowest BCUT2D eigenvalue weighted by atomic mass is 9.80. The van der Waals surface area contributed by atoms with E-state index >= 15 is 0 Å². The molecule has 0 spiro atoms. The van der Waals surface area contributed by atoms with E-state index in [1.807, 2.05) is 152 Å². The number of carbonyl (C=O) groups excluding carboxylic acids is 3. The SMILES string of the molecule is Nc1nc(/C(=N/OC(c2ccccc2)(c2ccccc2)c2ccccc2)C(=O)N[C@@H]2C(=O)N3C(C(=O)OC(c4ccccc4)c4ccccc4)=C(Cl)CS[C@@H]23)c(Cl)s1. The van der Waals surface area contributed by atoms with Crippen molar-refractivity contribution in [1.29, 1.82) is 0 Å². The number of hydrogen-bond acceptors (Lipinski definition) is 10. The summed E-state index contributed by atoms with van der Waals surface area (Å²) in [7, 11) is 0. The number of halogens is 2. The Morgan fingerprint density at radius 1 is 0.793 bits per heavy atom. The number of rotatable bonds is 12. The van der Waals surface area contributed by atoms with Gasteiger partial charge in [-0.25, -0.2) is 9.78 Å². The Morgan fingerprint density at radius 3 is 1.74 bits per heavy atom. The van der Waals surface area contributed by atoms with Crippen molar-refractivity contribution >= 4 is 74.9 Å². The van der Waals surface area contributed by atoms with E-state index in [0.717, 1.165) is 39.2 Å². The number of nitrogen functional groups attached to an aromatic ring is 1. The molecule has 5 aromatic carbocycles. The first-order valence-electron chi connectivity index (χ1n) is 18.1. The van der Waals surface area contributed by atoms with E-state index in [1.54, 1.807) is 0 Å². The summed E-state index contributed by atoms with van der Waals surface area (Å²) in [4.78, 5) is 54.6. The largest absolute Gasteiger partial charge is 0.448 e. The van der Waals surface area contributed by atoms with Crippen molar-refractivity contribution in [1.82, 2.24) is 15.2 Å². The molecule has 1 aromatic heterocycles. The molecule has 2 aliphatic heterocycles. The molecule has 0 saturated carbocycles. The third-order valence-electron chi connectivity index (χ3n) is 9.69. The monoisotopic (exact) mass is 845 g/mol. The van der Waals surface area contributed by atoms with E-state index in [9.17, 15) is 14.4 Å². The number of amides is 2. The first-order chi connectivity index (χ1) is 28.3. The lowest BCUT2D eigenvalue weighted by Crippen LogP contribution is -2.71. The molecule has 0 radical (unpaired) electrons. The highest BCUT2D eigenvalue weighted by atomic mass is 35.5. The molecule has 2 atom stereocenters. The first kappa shape index (κ1) is 38.9. The van der Waals surface area contributed by atoms with Crippen LogP contribution in [0.2, 0.25) is 4.34 Å². The Labute approximate surface area is 352 Å². The van der Waals surface area contributed by atoms with Crippen LogP contribution in [-0.2, 0) is 29.6 Å². The molecule has 290 valence electrons. The average Bonchev–Trinajstić information content (AvgIpc) is 3.61. The number of thiazole rings is 1. The lowest BCUT2D eigenvalue weighted by molar-refractivity contribution is -0.154. The normalized spacial score (nSPS) is 16.7. The van der Waals surface area contributed by atoms with E-state index < -0.39 is 40.9 Å². The maximum absolute atomic E-state index is 14.4. The molecule has 0 aliphatic carbocycles. The second kappa shape index (κ2) is 16.9. The quantitative estimate of drug-likeness (QED) is 0.0413. The fraction of sp³-hybridized carbons (Fsp3) is 0.114. The standard InChI is InChI=1S/C44H33Cl2N5O5S2/c45-32-26-57-41-35(40(53)51(41)36(32)42(54)55-37(27-16-6-1-7-17-27)28-18-8-2-9-19-28)48-39(52)34(33-38(46)58-43(47)49-33)50-56-44(29-20-10-3-11-21-29,30-22-12-4-13-23-30)31-24-14-5-15-25-31/h1-25,35,37,41H,26H2,(H2,47,49)(H,48,52)/b50-34-/t35-,41+/m1/s1. The van der Waals surface area contributed by atoms with Gasteiger partial charge >= 0.3 is 5.97 Å². The third kappa shape index (κ3) is 7.47. The zero-order valence-corrected chi connectivity index (χ0v) is 33.6. The number of benzene rings is 5. The Bertz CT molecular complexity index is 2370. The van der Waals surface area contributed by atoms with E-state index in [-0.39, 0.29) is 37.4 Å². The molecule has 2 aliphatic rings. The van der Waals surface area contributed by atoms with Crippen LogP contribution in [0.1, 0.15) is 39.6 Å². The number of hydrogen-bond donors (Lipinski definition) is 2. The van der Waals surface area contributed by atoms with Crippen molar-refractivity contribution in [3.05, 3.63) is 200 Å². The molecular formula is C44H33Cl2N5O5S2. The molecular weight excluding hydrogens is 814 g/mol. The summed E-state index contributed by atoms with van der Waals surface area (Å²) in [5, 5.41) is 6.90. The zero-order valence-electron chi connectivity index (χ0n) is 30.4. The summed E-state index contributed by atoms with van der Waals surface area (Å²) in [6, 6.07) is 46.0. The summed E-state index contributed by atoms with van der Waals surface area (Å²) in [6.45, 7) is 0. The molecule has 6 aromatic rings. The Kier molecular flexibility index (Phi) is 11.3. The van der Waals surface area contributed by atoms with Gasteiger partial charge in [0.1, 0.15) is 27.1 Å². The minimum Gasteiger partial charge on any atom is -0.448 e. The minimum atomic E-state index is -1.35. The molecule has 1 saturated heterocycles. The van der Waals surface area contributed by atoms with Gasteiger partial charge in [0.05, 0.1) is 5.03 Å². The molecule has 3 N–H and O–H groups in total. The van der Waals surface area contributed by atoms with Gasteiger partial charge in [0.15, 0.2) is 16.9 Å². The van der Waals surface area contributed by atoms with Crippen molar-refractivity contribution in [2.24, 2.45) is 5.16 Å². The summed E-state index contributed by atoms with van der Waals surface area (Å²) in [5.74, 6) is -1.94. The van der Waals surface area contributed by atoms with Gasteiger partial charge in [0.2, 0.25) is 5.60 Å². The van der Waals surface area contributed by atoms with Crippen LogP contribution in [0.3, 0.4) is 0 Å². The predicted molar refractivity (Wildman–Crippen MR) is 227 cm³/mol. The smallest absolute Gasteiger partial charge is 0.357 e. The Morgan fingerprint density at radius 2 is 1.28 bits per heavy atom. The summed E-state index contributed by atoms with van der Waals surface area (Å²) in [5.41, 5.74) is 7.97. The van der Waals surface area contributed by atoms with Gasteiger partial charge in [-0.3, -0.25) is 14.5 Å².